The van der Waals surface area contributed by atoms with E-state index in [0.717, 1.165) is 13.0 Å². The van der Waals surface area contributed by atoms with Gasteiger partial charge < -0.3 is 66.3 Å². The normalized spacial score (nSPS) is 38.9. The topological polar surface area (TPSA) is 142 Å². The lowest BCUT2D eigenvalue weighted by Gasteiger charge is -2.42. The summed E-state index contributed by atoms with van der Waals surface area (Å²) in [4.78, 5) is 5.86. The van der Waals surface area contributed by atoms with Gasteiger partial charge in [0.2, 0.25) is 0 Å². The van der Waals surface area contributed by atoms with Crippen molar-refractivity contribution in [2.24, 2.45) is 5.92 Å². The van der Waals surface area contributed by atoms with Gasteiger partial charge in [0.1, 0.15) is 59.5 Å². The highest BCUT2D eigenvalue weighted by molar-refractivity contribution is 5.09. The van der Waals surface area contributed by atoms with Gasteiger partial charge in [-0.1, -0.05) is 6.92 Å². The van der Waals surface area contributed by atoms with E-state index in [-0.39, 0.29) is 128 Å². The van der Waals surface area contributed by atoms with Crippen molar-refractivity contribution in [3.63, 3.8) is 0 Å². The molecule has 70 heavy (non-hydrogen) atoms. The van der Waals surface area contributed by atoms with E-state index in [1.54, 1.807) is 0 Å². The molecule has 4 unspecified atom stereocenters. The summed E-state index contributed by atoms with van der Waals surface area (Å²) in [5.41, 5.74) is -1.15. The smallest absolute Gasteiger partial charge is 0.144 e. The van der Waals surface area contributed by atoms with Gasteiger partial charge in [-0.15, -0.1) is 0 Å². The molecular weight excluding hydrogens is 903 g/mol. The van der Waals surface area contributed by atoms with E-state index < -0.39 is 11.2 Å². The number of ether oxygens (including phenoxy) is 14. The van der Waals surface area contributed by atoms with E-state index in [2.05, 4.69) is 48.5 Å². The predicted molar refractivity (Wildman–Crippen MR) is 269 cm³/mol. The maximum atomic E-state index is 6.19. The van der Waals surface area contributed by atoms with Crippen LogP contribution in [0.1, 0.15) is 152 Å². The Bertz CT molecular complexity index is 1480. The first-order chi connectivity index (χ1) is 32.6. The molecule has 7 fully saturated rings. The van der Waals surface area contributed by atoms with Crippen LogP contribution in [0, 0.1) is 5.92 Å². The molecule has 0 aromatic rings. The summed E-state index contributed by atoms with van der Waals surface area (Å²) in [5, 5.41) is 1.85. The van der Waals surface area contributed by atoms with Crippen LogP contribution in [0.15, 0.2) is 0 Å². The van der Waals surface area contributed by atoms with Crippen LogP contribution in [-0.2, 0) is 71.2 Å². The van der Waals surface area contributed by atoms with Crippen molar-refractivity contribution in [1.29, 1.82) is 0 Å². The summed E-state index contributed by atoms with van der Waals surface area (Å²) < 4.78 is 82.9. The molecule has 7 aliphatic heterocycles. The maximum Gasteiger partial charge on any atom is 0.144 e. The van der Waals surface area contributed by atoms with Crippen LogP contribution in [-0.4, -0.2) is 197 Å². The molecule has 0 aromatic carbocycles. The Labute approximate surface area is 424 Å². The standard InChI is InChI=1S/C14H27NO4.C14H26O4.C13H24O4.C13H26O3/c1-9(2)16-8-14-7-15(6)19-12(11(5)18-14)13(14)17-10(3)4;1-9(2)16-8-14-6-7-15-12(11(5)18-14)13(14)17-10(3)4;1-8(2)14-6-13-7-15-11(10(5)17-13)12(13)16-9(3)4;1-8(2)14-7-12-13(15-9(3)4)10(5)11(6)16-12/h9-13H,7-8H2,1-6H3;9-13H,6-8H2,1-5H3;8-12H,6-7H2,1-5H3;8-13H,7H2,1-6H3/t2*11-,12+,13?,14+;10-,11+,12?,13-;10-,11+,12-,13?/m0001/s1. The Morgan fingerprint density at radius 2 is 0.886 bits per heavy atom. The second-order valence-corrected chi connectivity index (χ2v) is 23.0. The molecule has 0 aliphatic carbocycles. The average Bonchev–Trinajstić information content (AvgIpc) is 3.89. The van der Waals surface area contributed by atoms with Crippen molar-refractivity contribution in [3.8, 4) is 0 Å². The first-order valence-electron chi connectivity index (χ1n) is 27.0. The van der Waals surface area contributed by atoms with E-state index >= 15 is 0 Å². The highest BCUT2D eigenvalue weighted by Gasteiger charge is 2.62. The third-order valence-corrected chi connectivity index (χ3v) is 13.5. The van der Waals surface area contributed by atoms with Crippen molar-refractivity contribution < 1.29 is 71.2 Å². The summed E-state index contributed by atoms with van der Waals surface area (Å²) in [6, 6.07) is 0. The summed E-state index contributed by atoms with van der Waals surface area (Å²) in [5.74, 6) is 0.433. The van der Waals surface area contributed by atoms with Crippen LogP contribution in [0.2, 0.25) is 0 Å². The minimum Gasteiger partial charge on any atom is -0.376 e. The fourth-order valence-electron chi connectivity index (χ4n) is 10.4. The Morgan fingerprint density at radius 3 is 1.37 bits per heavy atom. The Morgan fingerprint density at radius 1 is 0.471 bits per heavy atom. The van der Waals surface area contributed by atoms with E-state index in [1.165, 1.54) is 0 Å². The van der Waals surface area contributed by atoms with Gasteiger partial charge in [-0.3, -0.25) is 4.84 Å². The predicted octanol–water partition coefficient (Wildman–Crippen LogP) is 8.15. The summed E-state index contributed by atoms with van der Waals surface area (Å²) in [6.07, 6.45) is 3.02. The highest BCUT2D eigenvalue weighted by atomic mass is 16.7. The van der Waals surface area contributed by atoms with Crippen molar-refractivity contribution in [2.75, 3.05) is 53.2 Å². The molecule has 16 atom stereocenters. The van der Waals surface area contributed by atoms with Gasteiger partial charge in [0.05, 0.1) is 126 Å². The Hall–Kier alpha value is -0.640. The van der Waals surface area contributed by atoms with Crippen LogP contribution in [0.25, 0.3) is 0 Å². The van der Waals surface area contributed by atoms with E-state index in [1.807, 2.05) is 109 Å². The molecule has 0 N–H and O–H groups in total. The van der Waals surface area contributed by atoms with Crippen molar-refractivity contribution in [1.82, 2.24) is 5.06 Å². The number of rotatable bonds is 20. The zero-order valence-electron chi connectivity index (χ0n) is 47.9. The molecule has 0 saturated carbocycles. The molecule has 0 spiro atoms. The third-order valence-electron chi connectivity index (χ3n) is 13.5. The molecule has 414 valence electrons. The highest BCUT2D eigenvalue weighted by Crippen LogP contribution is 2.44. The molecular formula is C54H103NO15. The van der Waals surface area contributed by atoms with Crippen LogP contribution in [0.5, 0.6) is 0 Å². The molecule has 7 rings (SSSR count). The molecule has 0 radical (unpaired) electrons. The molecule has 7 heterocycles. The van der Waals surface area contributed by atoms with Gasteiger partial charge >= 0.3 is 0 Å². The average molecular weight is 1010 g/mol. The van der Waals surface area contributed by atoms with Crippen LogP contribution in [0.4, 0.5) is 0 Å². The summed E-state index contributed by atoms with van der Waals surface area (Å²) >= 11 is 0. The SMILES string of the molecule is CC(C)OC[C@H]1O[C@@H](C)[C@@H](C)C1OC(C)C.CC(C)OC[C@]12CCO[C@@H](C1OC(C)C)[C@H](C)O2.CC(C)OC[C@]12CN(C)O[C@@H](C1OC(C)C)[C@H](C)O2.CC(C)OC[C@]12CO[C@@H](C1OC(C)C)[C@H](C)O2. The summed E-state index contributed by atoms with van der Waals surface area (Å²) in [7, 11) is 1.93. The zero-order chi connectivity index (χ0) is 52.5. The van der Waals surface area contributed by atoms with E-state index in [4.69, 9.17) is 71.2 Å². The van der Waals surface area contributed by atoms with Gasteiger partial charge in [0.25, 0.3) is 0 Å². The van der Waals surface area contributed by atoms with Crippen LogP contribution in [0.3, 0.4) is 0 Å². The quantitative estimate of drug-likeness (QED) is 0.116. The second-order valence-electron chi connectivity index (χ2n) is 23.0. The molecule has 6 bridgehead atoms. The first kappa shape index (κ1) is 61.9. The lowest BCUT2D eigenvalue weighted by Crippen LogP contribution is -2.61. The maximum absolute atomic E-state index is 6.19. The molecule has 0 aromatic heterocycles. The van der Waals surface area contributed by atoms with Gasteiger partial charge in [-0.25, -0.2) is 0 Å². The van der Waals surface area contributed by atoms with E-state index in [9.17, 15) is 0 Å². The molecule has 16 heteroatoms. The van der Waals surface area contributed by atoms with Crippen molar-refractivity contribution >= 4 is 0 Å². The number of hydrogen-bond donors (Lipinski definition) is 0. The lowest BCUT2D eigenvalue weighted by atomic mass is 9.89. The van der Waals surface area contributed by atoms with Crippen LogP contribution >= 0.6 is 0 Å². The summed E-state index contributed by atoms with van der Waals surface area (Å²) in [6.45, 7) is 47.4. The number of nitrogens with zero attached hydrogens (tertiary/aromatic N) is 1. The monoisotopic (exact) mass is 1010 g/mol. The molecule has 7 saturated heterocycles. The fraction of sp³-hybridized carbons (Fsp3) is 1.00. The van der Waals surface area contributed by atoms with Gasteiger partial charge in [0.15, 0.2) is 0 Å². The number of likely N-dealkylation sites (N-methyl/N-ethyl adjacent to an activating group) is 1. The van der Waals surface area contributed by atoms with Gasteiger partial charge in [-0.2, -0.15) is 5.06 Å². The van der Waals surface area contributed by atoms with Crippen LogP contribution < -0.4 is 0 Å². The van der Waals surface area contributed by atoms with E-state index in [0.29, 0.717) is 45.5 Å². The third kappa shape index (κ3) is 16.7. The number of hydrogen-bond acceptors (Lipinski definition) is 16. The largest absolute Gasteiger partial charge is 0.376 e. The molecule has 7 aliphatic rings. The zero-order valence-corrected chi connectivity index (χ0v) is 47.9. The van der Waals surface area contributed by atoms with Crippen molar-refractivity contribution in [3.05, 3.63) is 0 Å². The van der Waals surface area contributed by atoms with Gasteiger partial charge in [-0.05, 0) is 138 Å². The number of fused-ring (bicyclic) bond motifs is 6. The Kier molecular flexibility index (Phi) is 24.2. The molecule has 0 amide bonds. The van der Waals surface area contributed by atoms with Crippen molar-refractivity contribution in [2.45, 2.75) is 291 Å². The van der Waals surface area contributed by atoms with Gasteiger partial charge in [0, 0.05) is 19.4 Å². The fourth-order valence-corrected chi connectivity index (χ4v) is 10.4. The Balaban J connectivity index is 0.000000203. The lowest BCUT2D eigenvalue weighted by molar-refractivity contribution is -0.274. The number of hydroxylamine groups is 2. The second kappa shape index (κ2) is 27.4. The molecule has 16 nitrogen and oxygen atoms in total. The minimum absolute atomic E-state index is 0.00347. The minimum atomic E-state index is -0.425. The first-order valence-corrected chi connectivity index (χ1v) is 27.0.